The number of aromatic hydroxyl groups is 1. The molecular formula is C17H21NO. The molecule has 1 unspecified atom stereocenters. The molecule has 0 heterocycles. The third-order valence-electron chi connectivity index (χ3n) is 3.48. The van der Waals surface area contributed by atoms with E-state index in [0.29, 0.717) is 5.75 Å². The van der Waals surface area contributed by atoms with Gasteiger partial charge in [0.25, 0.3) is 0 Å². The second-order valence-electron chi connectivity index (χ2n) is 4.96. The summed E-state index contributed by atoms with van der Waals surface area (Å²) < 4.78 is 0. The van der Waals surface area contributed by atoms with Gasteiger partial charge in [0, 0.05) is 17.8 Å². The lowest BCUT2D eigenvalue weighted by Crippen LogP contribution is -2.06. The first-order valence-electron chi connectivity index (χ1n) is 6.75. The summed E-state index contributed by atoms with van der Waals surface area (Å²) in [5.74, 6) is 0.332. The second kappa shape index (κ2) is 5.79. The van der Waals surface area contributed by atoms with Crippen LogP contribution in [0.2, 0.25) is 0 Å². The summed E-state index contributed by atoms with van der Waals surface area (Å²) >= 11 is 0. The molecule has 0 spiro atoms. The fourth-order valence-corrected chi connectivity index (χ4v) is 2.07. The number of phenols is 1. The number of anilines is 1. The number of rotatable bonds is 4. The maximum Gasteiger partial charge on any atom is 0.120 e. The molecule has 2 aromatic rings. The zero-order valence-corrected chi connectivity index (χ0v) is 11.8. The summed E-state index contributed by atoms with van der Waals surface area (Å²) in [5.41, 5.74) is 4.43. The molecule has 0 amide bonds. The Balaban J connectivity index is 2.10. The van der Waals surface area contributed by atoms with Crippen molar-refractivity contribution >= 4 is 5.69 Å². The molecule has 0 aliphatic heterocycles. The van der Waals surface area contributed by atoms with E-state index in [1.807, 2.05) is 19.1 Å². The van der Waals surface area contributed by atoms with E-state index in [9.17, 15) is 5.11 Å². The maximum absolute atomic E-state index is 9.71. The van der Waals surface area contributed by atoms with E-state index in [2.05, 4.69) is 43.4 Å². The standard InChI is InChI=1S/C17H21NO/c1-4-14-6-8-15(9-7-14)13(3)18-16-10-5-12(2)17(19)11-16/h5-11,13,18-19H,4H2,1-3H3. The van der Waals surface area contributed by atoms with Crippen LogP contribution in [0.4, 0.5) is 5.69 Å². The van der Waals surface area contributed by atoms with Crippen molar-refractivity contribution in [2.45, 2.75) is 33.2 Å². The topological polar surface area (TPSA) is 32.3 Å². The van der Waals surface area contributed by atoms with Crippen LogP contribution in [0.3, 0.4) is 0 Å². The van der Waals surface area contributed by atoms with Crippen molar-refractivity contribution in [2.75, 3.05) is 5.32 Å². The molecule has 2 heteroatoms. The molecule has 2 nitrogen and oxygen atoms in total. The zero-order valence-electron chi connectivity index (χ0n) is 11.8. The van der Waals surface area contributed by atoms with Gasteiger partial charge in [-0.25, -0.2) is 0 Å². The fraction of sp³-hybridized carbons (Fsp3) is 0.294. The van der Waals surface area contributed by atoms with Crippen LogP contribution in [0.1, 0.15) is 36.6 Å². The Bertz CT molecular complexity index is 546. The van der Waals surface area contributed by atoms with Gasteiger partial charge in [0.05, 0.1) is 0 Å². The normalized spacial score (nSPS) is 12.2. The van der Waals surface area contributed by atoms with E-state index in [4.69, 9.17) is 0 Å². The van der Waals surface area contributed by atoms with E-state index in [0.717, 1.165) is 17.7 Å². The molecule has 2 aromatic carbocycles. The van der Waals surface area contributed by atoms with Gasteiger partial charge in [-0.1, -0.05) is 37.3 Å². The highest BCUT2D eigenvalue weighted by molar-refractivity contribution is 5.52. The van der Waals surface area contributed by atoms with Gasteiger partial charge in [-0.05, 0) is 43.0 Å². The molecule has 0 aliphatic carbocycles. The molecule has 1 atom stereocenters. The highest BCUT2D eigenvalue weighted by atomic mass is 16.3. The van der Waals surface area contributed by atoms with Crippen molar-refractivity contribution in [1.82, 2.24) is 0 Å². The molecule has 0 aliphatic rings. The molecular weight excluding hydrogens is 234 g/mol. The van der Waals surface area contributed by atoms with Gasteiger partial charge >= 0.3 is 0 Å². The minimum Gasteiger partial charge on any atom is -0.508 e. The van der Waals surface area contributed by atoms with Crippen LogP contribution in [-0.2, 0) is 6.42 Å². The summed E-state index contributed by atoms with van der Waals surface area (Å²) in [6.45, 7) is 6.18. The van der Waals surface area contributed by atoms with Crippen LogP contribution < -0.4 is 5.32 Å². The van der Waals surface area contributed by atoms with Crippen LogP contribution >= 0.6 is 0 Å². The van der Waals surface area contributed by atoms with Gasteiger partial charge in [-0.2, -0.15) is 0 Å². The van der Waals surface area contributed by atoms with Crippen LogP contribution in [0, 0.1) is 6.92 Å². The Labute approximate surface area is 115 Å². The lowest BCUT2D eigenvalue weighted by atomic mass is 10.0. The molecule has 2 rings (SSSR count). The number of aryl methyl sites for hydroxylation is 2. The molecule has 19 heavy (non-hydrogen) atoms. The van der Waals surface area contributed by atoms with Crippen molar-refractivity contribution in [2.24, 2.45) is 0 Å². The van der Waals surface area contributed by atoms with Gasteiger partial charge in [-0.15, -0.1) is 0 Å². The Kier molecular flexibility index (Phi) is 4.10. The minimum absolute atomic E-state index is 0.216. The average molecular weight is 255 g/mol. The monoisotopic (exact) mass is 255 g/mol. The predicted molar refractivity (Wildman–Crippen MR) is 80.7 cm³/mol. The van der Waals surface area contributed by atoms with E-state index in [-0.39, 0.29) is 6.04 Å². The number of phenolic OH excluding ortho intramolecular Hbond substituents is 1. The SMILES string of the molecule is CCc1ccc(C(C)Nc2ccc(C)c(O)c2)cc1. The summed E-state index contributed by atoms with van der Waals surface area (Å²) in [6, 6.07) is 14.5. The lowest BCUT2D eigenvalue weighted by Gasteiger charge is -2.16. The van der Waals surface area contributed by atoms with Crippen molar-refractivity contribution in [1.29, 1.82) is 0 Å². The predicted octanol–water partition coefficient (Wildman–Crippen LogP) is 4.44. The van der Waals surface area contributed by atoms with Crippen LogP contribution in [0.5, 0.6) is 5.75 Å². The van der Waals surface area contributed by atoms with Crippen molar-refractivity contribution in [3.63, 3.8) is 0 Å². The molecule has 0 radical (unpaired) electrons. The number of hydrogen-bond donors (Lipinski definition) is 2. The van der Waals surface area contributed by atoms with E-state index in [1.165, 1.54) is 11.1 Å². The van der Waals surface area contributed by atoms with Gasteiger partial charge in [0.1, 0.15) is 5.75 Å². The summed E-state index contributed by atoms with van der Waals surface area (Å²) in [4.78, 5) is 0. The van der Waals surface area contributed by atoms with Crippen LogP contribution in [0.25, 0.3) is 0 Å². The van der Waals surface area contributed by atoms with Crippen molar-refractivity contribution in [3.8, 4) is 5.75 Å². The van der Waals surface area contributed by atoms with E-state index in [1.54, 1.807) is 6.07 Å². The number of nitrogens with one attached hydrogen (secondary N) is 1. The Morgan fingerprint density at radius 2 is 1.79 bits per heavy atom. The fourth-order valence-electron chi connectivity index (χ4n) is 2.07. The van der Waals surface area contributed by atoms with Gasteiger partial charge in [0.15, 0.2) is 0 Å². The molecule has 0 saturated carbocycles. The van der Waals surface area contributed by atoms with Crippen LogP contribution in [-0.4, -0.2) is 5.11 Å². The van der Waals surface area contributed by atoms with Gasteiger partial charge < -0.3 is 10.4 Å². The summed E-state index contributed by atoms with van der Waals surface area (Å²) in [6.07, 6.45) is 1.06. The summed E-state index contributed by atoms with van der Waals surface area (Å²) in [7, 11) is 0. The van der Waals surface area contributed by atoms with Crippen LogP contribution in [0.15, 0.2) is 42.5 Å². The van der Waals surface area contributed by atoms with E-state index < -0.39 is 0 Å². The first-order chi connectivity index (χ1) is 9.10. The van der Waals surface area contributed by atoms with E-state index >= 15 is 0 Å². The Morgan fingerprint density at radius 1 is 1.11 bits per heavy atom. The van der Waals surface area contributed by atoms with Gasteiger partial charge in [0.2, 0.25) is 0 Å². The minimum atomic E-state index is 0.216. The number of benzene rings is 2. The smallest absolute Gasteiger partial charge is 0.120 e. The third kappa shape index (κ3) is 3.28. The Hall–Kier alpha value is -1.96. The largest absolute Gasteiger partial charge is 0.508 e. The number of hydrogen-bond acceptors (Lipinski definition) is 2. The highest BCUT2D eigenvalue weighted by Gasteiger charge is 2.06. The summed E-state index contributed by atoms with van der Waals surface area (Å²) in [5, 5.41) is 13.1. The third-order valence-corrected chi connectivity index (χ3v) is 3.48. The molecule has 0 bridgehead atoms. The molecule has 0 fully saturated rings. The molecule has 2 N–H and O–H groups in total. The van der Waals surface area contributed by atoms with Gasteiger partial charge in [-0.3, -0.25) is 0 Å². The average Bonchev–Trinajstić information content (AvgIpc) is 2.43. The maximum atomic E-state index is 9.71. The molecule has 100 valence electrons. The van der Waals surface area contributed by atoms with Crippen molar-refractivity contribution in [3.05, 3.63) is 59.2 Å². The highest BCUT2D eigenvalue weighted by Crippen LogP contribution is 2.25. The lowest BCUT2D eigenvalue weighted by molar-refractivity contribution is 0.471. The second-order valence-corrected chi connectivity index (χ2v) is 4.96. The zero-order chi connectivity index (χ0) is 13.8. The first kappa shape index (κ1) is 13.5. The molecule has 0 saturated heterocycles. The van der Waals surface area contributed by atoms with Crippen molar-refractivity contribution < 1.29 is 5.11 Å². The first-order valence-corrected chi connectivity index (χ1v) is 6.75. The molecule has 0 aromatic heterocycles. The quantitative estimate of drug-likeness (QED) is 0.846. The Morgan fingerprint density at radius 3 is 2.37 bits per heavy atom.